The summed E-state index contributed by atoms with van der Waals surface area (Å²) in [7, 11) is 0. The predicted molar refractivity (Wildman–Crippen MR) is 99.7 cm³/mol. The standard InChI is InChI=1S/C18H15BrN4O/c19-15(10-14-6-2-1-3-7-14)11-21-22-18(24)12-23-13-20-16-8-4-5-9-17(16)23/h1-11,13H,12H2,(H,22,24)/b15-10-,21-11-. The number of rotatable bonds is 5. The number of carbonyl (C=O) groups is 1. The molecule has 0 aliphatic carbocycles. The summed E-state index contributed by atoms with van der Waals surface area (Å²) in [6, 6.07) is 17.5. The Balaban J connectivity index is 1.58. The fraction of sp³-hybridized carbons (Fsp3) is 0.0556. The van der Waals surface area contributed by atoms with E-state index in [0.29, 0.717) is 0 Å². The minimum atomic E-state index is -0.214. The first kappa shape index (κ1) is 16.1. The molecule has 0 bridgehead atoms. The van der Waals surface area contributed by atoms with Crippen molar-refractivity contribution in [3.63, 3.8) is 0 Å². The Bertz CT molecular complexity index is 900. The topological polar surface area (TPSA) is 59.3 Å². The van der Waals surface area contributed by atoms with E-state index in [1.54, 1.807) is 17.1 Å². The maximum Gasteiger partial charge on any atom is 0.260 e. The molecule has 0 saturated heterocycles. The summed E-state index contributed by atoms with van der Waals surface area (Å²) in [5, 5.41) is 3.95. The highest BCUT2D eigenvalue weighted by atomic mass is 79.9. The Morgan fingerprint density at radius 3 is 2.75 bits per heavy atom. The Labute approximate surface area is 147 Å². The van der Waals surface area contributed by atoms with E-state index < -0.39 is 0 Å². The number of hydrogen-bond acceptors (Lipinski definition) is 3. The van der Waals surface area contributed by atoms with E-state index in [9.17, 15) is 4.79 Å². The molecule has 0 aliphatic heterocycles. The Hall–Kier alpha value is -2.73. The van der Waals surface area contributed by atoms with E-state index in [1.807, 2.05) is 60.7 Å². The number of para-hydroxylation sites is 2. The van der Waals surface area contributed by atoms with Gasteiger partial charge in [-0.25, -0.2) is 10.4 Å². The molecule has 0 atom stereocenters. The molecule has 0 saturated carbocycles. The molecule has 3 rings (SSSR count). The molecule has 1 amide bonds. The molecule has 0 unspecified atom stereocenters. The van der Waals surface area contributed by atoms with E-state index in [2.05, 4.69) is 31.4 Å². The van der Waals surface area contributed by atoms with Gasteiger partial charge in [-0.05, 0) is 39.7 Å². The average Bonchev–Trinajstić information content (AvgIpc) is 2.99. The van der Waals surface area contributed by atoms with Crippen LogP contribution in [0.1, 0.15) is 5.56 Å². The summed E-state index contributed by atoms with van der Waals surface area (Å²) in [6.45, 7) is 0.165. The van der Waals surface area contributed by atoms with E-state index in [1.165, 1.54) is 0 Å². The van der Waals surface area contributed by atoms with Gasteiger partial charge in [-0.1, -0.05) is 42.5 Å². The SMILES string of the molecule is O=C(Cn1cnc2ccccc21)N/N=C\C(Br)=C\c1ccccc1. The van der Waals surface area contributed by atoms with Gasteiger partial charge in [-0.3, -0.25) is 4.79 Å². The van der Waals surface area contributed by atoms with Gasteiger partial charge in [0.2, 0.25) is 0 Å². The zero-order chi connectivity index (χ0) is 16.8. The minimum Gasteiger partial charge on any atom is -0.321 e. The lowest BCUT2D eigenvalue weighted by Crippen LogP contribution is -2.22. The zero-order valence-corrected chi connectivity index (χ0v) is 14.3. The van der Waals surface area contributed by atoms with Crippen LogP contribution >= 0.6 is 15.9 Å². The van der Waals surface area contributed by atoms with E-state index in [-0.39, 0.29) is 12.5 Å². The highest BCUT2D eigenvalue weighted by Crippen LogP contribution is 2.11. The van der Waals surface area contributed by atoms with Crippen molar-refractivity contribution in [2.45, 2.75) is 6.54 Å². The number of hydrogen-bond donors (Lipinski definition) is 1. The number of halogens is 1. The number of benzene rings is 2. The lowest BCUT2D eigenvalue weighted by atomic mass is 10.2. The maximum absolute atomic E-state index is 12.0. The minimum absolute atomic E-state index is 0.165. The van der Waals surface area contributed by atoms with Crippen LogP contribution in [0.3, 0.4) is 0 Å². The number of fused-ring (bicyclic) bond motifs is 1. The Morgan fingerprint density at radius 1 is 1.17 bits per heavy atom. The number of nitrogens with zero attached hydrogens (tertiary/aromatic N) is 3. The van der Waals surface area contributed by atoms with Gasteiger partial charge < -0.3 is 4.57 Å². The van der Waals surface area contributed by atoms with E-state index in [0.717, 1.165) is 21.1 Å². The molecule has 1 heterocycles. The Morgan fingerprint density at radius 2 is 1.92 bits per heavy atom. The molecule has 0 fully saturated rings. The van der Waals surface area contributed by atoms with Crippen LogP contribution in [0.2, 0.25) is 0 Å². The summed E-state index contributed by atoms with van der Waals surface area (Å²) in [4.78, 5) is 16.2. The van der Waals surface area contributed by atoms with Crippen LogP contribution in [0.15, 0.2) is 70.5 Å². The van der Waals surface area contributed by atoms with Crippen molar-refractivity contribution in [3.05, 3.63) is 71.0 Å². The second-order valence-electron chi connectivity index (χ2n) is 5.09. The monoisotopic (exact) mass is 382 g/mol. The molecule has 6 heteroatoms. The molecular formula is C18H15BrN4O. The predicted octanol–water partition coefficient (Wildman–Crippen LogP) is 3.57. The molecule has 5 nitrogen and oxygen atoms in total. The largest absolute Gasteiger partial charge is 0.321 e. The molecule has 0 aliphatic rings. The van der Waals surface area contributed by atoms with Crippen molar-refractivity contribution < 1.29 is 4.79 Å². The quantitative estimate of drug-likeness (QED) is 0.541. The molecule has 0 spiro atoms. The summed E-state index contributed by atoms with van der Waals surface area (Å²) in [5.41, 5.74) is 5.34. The molecule has 3 aromatic rings. The van der Waals surface area contributed by atoms with Crippen molar-refractivity contribution in [1.82, 2.24) is 15.0 Å². The molecule has 1 N–H and O–H groups in total. The van der Waals surface area contributed by atoms with Gasteiger partial charge in [-0.15, -0.1) is 0 Å². The second kappa shape index (κ2) is 7.70. The van der Waals surface area contributed by atoms with Crippen LogP contribution in [0.4, 0.5) is 0 Å². The molecule has 120 valence electrons. The van der Waals surface area contributed by atoms with Crippen LogP contribution in [-0.4, -0.2) is 21.7 Å². The molecular weight excluding hydrogens is 368 g/mol. The van der Waals surface area contributed by atoms with Gasteiger partial charge in [-0.2, -0.15) is 5.10 Å². The van der Waals surface area contributed by atoms with Crippen LogP contribution in [0, 0.1) is 0 Å². The zero-order valence-electron chi connectivity index (χ0n) is 12.8. The highest BCUT2D eigenvalue weighted by molar-refractivity contribution is 9.12. The van der Waals surface area contributed by atoms with E-state index in [4.69, 9.17) is 0 Å². The summed E-state index contributed by atoms with van der Waals surface area (Å²) >= 11 is 3.40. The normalized spacial score (nSPS) is 12.0. The van der Waals surface area contributed by atoms with Crippen LogP contribution < -0.4 is 5.43 Å². The van der Waals surface area contributed by atoms with Gasteiger partial charge >= 0.3 is 0 Å². The molecule has 2 aromatic carbocycles. The van der Waals surface area contributed by atoms with Crippen LogP contribution in [-0.2, 0) is 11.3 Å². The number of aromatic nitrogens is 2. The molecule has 1 aromatic heterocycles. The lowest BCUT2D eigenvalue weighted by molar-refractivity contribution is -0.121. The second-order valence-corrected chi connectivity index (χ2v) is 6.01. The third kappa shape index (κ3) is 4.17. The van der Waals surface area contributed by atoms with Crippen LogP contribution in [0.5, 0.6) is 0 Å². The first-order valence-corrected chi connectivity index (χ1v) is 8.16. The maximum atomic E-state index is 12.0. The number of allylic oxidation sites excluding steroid dienone is 1. The fourth-order valence-corrected chi connectivity index (χ4v) is 2.60. The van der Waals surface area contributed by atoms with Gasteiger partial charge in [0.05, 0.1) is 23.6 Å². The number of hydrazone groups is 1. The van der Waals surface area contributed by atoms with Gasteiger partial charge in [0.1, 0.15) is 6.54 Å². The van der Waals surface area contributed by atoms with Gasteiger partial charge in [0, 0.05) is 4.48 Å². The van der Waals surface area contributed by atoms with Crippen molar-refractivity contribution in [1.29, 1.82) is 0 Å². The smallest absolute Gasteiger partial charge is 0.260 e. The third-order valence-electron chi connectivity index (χ3n) is 3.32. The van der Waals surface area contributed by atoms with Gasteiger partial charge in [0.25, 0.3) is 5.91 Å². The van der Waals surface area contributed by atoms with Crippen molar-refractivity contribution in [2.24, 2.45) is 5.10 Å². The number of carbonyl (C=O) groups excluding carboxylic acids is 1. The van der Waals surface area contributed by atoms with E-state index >= 15 is 0 Å². The number of amides is 1. The lowest BCUT2D eigenvalue weighted by Gasteiger charge is -2.02. The first-order chi connectivity index (χ1) is 11.7. The van der Waals surface area contributed by atoms with Crippen molar-refractivity contribution >= 4 is 45.2 Å². The molecule has 24 heavy (non-hydrogen) atoms. The van der Waals surface area contributed by atoms with Crippen LogP contribution in [0.25, 0.3) is 17.1 Å². The fourth-order valence-electron chi connectivity index (χ4n) is 2.24. The first-order valence-electron chi connectivity index (χ1n) is 7.36. The number of imidazole rings is 1. The summed E-state index contributed by atoms with van der Waals surface area (Å²) < 4.78 is 2.55. The Kier molecular flexibility index (Phi) is 5.18. The third-order valence-corrected chi connectivity index (χ3v) is 3.76. The molecule has 0 radical (unpaired) electrons. The summed E-state index contributed by atoms with van der Waals surface area (Å²) in [5.74, 6) is -0.214. The van der Waals surface area contributed by atoms with Crippen molar-refractivity contribution in [2.75, 3.05) is 0 Å². The summed E-state index contributed by atoms with van der Waals surface area (Å²) in [6.07, 6.45) is 5.12. The highest BCUT2D eigenvalue weighted by Gasteiger charge is 2.05. The average molecular weight is 383 g/mol. The number of nitrogens with one attached hydrogen (secondary N) is 1. The van der Waals surface area contributed by atoms with Crippen molar-refractivity contribution in [3.8, 4) is 0 Å². The van der Waals surface area contributed by atoms with Gasteiger partial charge in [0.15, 0.2) is 0 Å².